The summed E-state index contributed by atoms with van der Waals surface area (Å²) in [6, 6.07) is 18.0. The molecule has 12 nitrogen and oxygen atoms in total. The number of hydrogen-bond acceptors (Lipinski definition) is 9. The number of rotatable bonds is 12. The van der Waals surface area contributed by atoms with Gasteiger partial charge < -0.3 is 13.3 Å². The van der Waals surface area contributed by atoms with Crippen LogP contribution in [-0.4, -0.2) is 23.6 Å². The van der Waals surface area contributed by atoms with Gasteiger partial charge in [0.15, 0.2) is 0 Å². The molecule has 0 radical (unpaired) electrons. The molecule has 0 fully saturated rings. The molecule has 0 aromatic heterocycles. The smallest absolute Gasteiger partial charge is 0.369 e. The van der Waals surface area contributed by atoms with E-state index in [4.69, 9.17) is 13.3 Å². The van der Waals surface area contributed by atoms with Crippen molar-refractivity contribution in [3.05, 3.63) is 120 Å². The van der Waals surface area contributed by atoms with E-state index in [1.165, 1.54) is 61.1 Å². The first kappa shape index (κ1) is 25.6. The molecule has 0 N–H and O–H groups in total. The number of para-hydroxylation sites is 3. The molecule has 0 amide bonds. The lowest BCUT2D eigenvalue weighted by Crippen LogP contribution is -2.42. The Balaban J connectivity index is 1.84. The maximum absolute atomic E-state index is 11.3. The molecule has 182 valence electrons. The Morgan fingerprint density at radius 2 is 0.829 bits per heavy atom. The maximum Gasteiger partial charge on any atom is 0.498 e. The van der Waals surface area contributed by atoms with Crippen molar-refractivity contribution in [2.75, 3.05) is 0 Å². The molecular formula is C22H21N3O9Si. The van der Waals surface area contributed by atoms with E-state index in [2.05, 4.69) is 0 Å². The molecule has 0 aliphatic rings. The second-order valence-electron chi connectivity index (χ2n) is 7.39. The molecule has 0 saturated carbocycles. The molecule has 0 unspecified atom stereocenters. The molecule has 0 bridgehead atoms. The zero-order chi connectivity index (χ0) is 25.4. The molecule has 0 saturated heterocycles. The summed E-state index contributed by atoms with van der Waals surface area (Å²) in [5.41, 5.74) is 0.378. The summed E-state index contributed by atoms with van der Waals surface area (Å²) in [7, 11) is -3.64. The maximum atomic E-state index is 11.3. The van der Waals surface area contributed by atoms with Crippen LogP contribution in [0.4, 0.5) is 17.1 Å². The highest BCUT2D eigenvalue weighted by atomic mass is 28.4. The number of hydrogen-bond donors (Lipinski definition) is 0. The summed E-state index contributed by atoms with van der Waals surface area (Å²) in [4.78, 5) is 32.4. The first-order valence-electron chi connectivity index (χ1n) is 10.3. The van der Waals surface area contributed by atoms with Crippen LogP contribution in [0.1, 0.15) is 16.7 Å². The highest BCUT2D eigenvalue weighted by Crippen LogP contribution is 2.26. The first-order valence-corrected chi connectivity index (χ1v) is 12.5. The Bertz CT molecular complexity index is 1090. The fraction of sp³-hybridized carbons (Fsp3) is 0.182. The highest BCUT2D eigenvalue weighted by molar-refractivity contribution is 6.59. The molecule has 13 heteroatoms. The van der Waals surface area contributed by atoms with Crippen molar-refractivity contribution in [2.45, 2.75) is 26.4 Å². The van der Waals surface area contributed by atoms with Gasteiger partial charge in [-0.05, 0) is 18.2 Å². The molecule has 3 aromatic rings. The molecule has 0 aliphatic heterocycles. The lowest BCUT2D eigenvalue weighted by Gasteiger charge is -2.26. The van der Waals surface area contributed by atoms with Crippen molar-refractivity contribution in [3.63, 3.8) is 0 Å². The lowest BCUT2D eigenvalue weighted by atomic mass is 10.2. The Labute approximate surface area is 200 Å². The molecule has 0 heterocycles. The second-order valence-corrected chi connectivity index (χ2v) is 9.98. The van der Waals surface area contributed by atoms with Crippen molar-refractivity contribution < 1.29 is 28.0 Å². The number of nitrogens with zero attached hydrogens (tertiary/aromatic N) is 3. The van der Waals surface area contributed by atoms with E-state index in [0.717, 1.165) is 0 Å². The lowest BCUT2D eigenvalue weighted by molar-refractivity contribution is -0.385. The molecule has 35 heavy (non-hydrogen) atoms. The van der Waals surface area contributed by atoms with Crippen molar-refractivity contribution in [1.29, 1.82) is 0 Å². The minimum atomic E-state index is -3.64. The van der Waals surface area contributed by atoms with Crippen LogP contribution in [0.25, 0.3) is 0 Å². The van der Waals surface area contributed by atoms with Gasteiger partial charge in [-0.15, -0.1) is 0 Å². The van der Waals surface area contributed by atoms with E-state index in [9.17, 15) is 30.3 Å². The topological polar surface area (TPSA) is 157 Å². The highest BCUT2D eigenvalue weighted by Gasteiger charge is 2.37. The molecular weight excluding hydrogens is 478 g/mol. The summed E-state index contributed by atoms with van der Waals surface area (Å²) < 4.78 is 17.7. The molecule has 0 spiro atoms. The van der Waals surface area contributed by atoms with Gasteiger partial charge in [0, 0.05) is 24.7 Å². The SMILES string of the molecule is C[Si](OCc1ccccc1[N+](=O)[O-])(OCc1ccccc1[N+](=O)[O-])OCc1ccccc1[N+](=O)[O-]. The van der Waals surface area contributed by atoms with Crippen molar-refractivity contribution in [1.82, 2.24) is 0 Å². The van der Waals surface area contributed by atoms with Gasteiger partial charge in [0.1, 0.15) is 0 Å². The van der Waals surface area contributed by atoms with Crippen LogP contribution in [0.3, 0.4) is 0 Å². The third-order valence-corrected chi connectivity index (χ3v) is 7.04. The van der Waals surface area contributed by atoms with Crippen LogP contribution < -0.4 is 0 Å². The summed E-state index contributed by atoms with van der Waals surface area (Å²) >= 11 is 0. The zero-order valence-electron chi connectivity index (χ0n) is 18.6. The summed E-state index contributed by atoms with van der Waals surface area (Å²) in [5, 5.41) is 34.0. The minimum absolute atomic E-state index is 0.152. The van der Waals surface area contributed by atoms with E-state index in [1.54, 1.807) is 18.2 Å². The Morgan fingerprint density at radius 1 is 0.571 bits per heavy atom. The summed E-state index contributed by atoms with van der Waals surface area (Å²) in [5.74, 6) is 0. The Hall–Kier alpha value is -4.04. The average Bonchev–Trinajstić information content (AvgIpc) is 2.85. The molecule has 3 rings (SSSR count). The van der Waals surface area contributed by atoms with Crippen molar-refractivity contribution in [2.24, 2.45) is 0 Å². The summed E-state index contributed by atoms with van der Waals surface area (Å²) in [6.07, 6.45) is 0. The molecule has 3 aromatic carbocycles. The van der Waals surface area contributed by atoms with Crippen LogP contribution in [0.15, 0.2) is 72.8 Å². The Kier molecular flexibility index (Phi) is 8.33. The predicted molar refractivity (Wildman–Crippen MR) is 125 cm³/mol. The van der Waals surface area contributed by atoms with Crippen LogP contribution >= 0.6 is 0 Å². The molecule has 0 atom stereocenters. The fourth-order valence-electron chi connectivity index (χ4n) is 3.18. The second kappa shape index (κ2) is 11.4. The quantitative estimate of drug-likeness (QED) is 0.191. The average molecular weight is 500 g/mol. The van der Waals surface area contributed by atoms with Crippen molar-refractivity contribution in [3.8, 4) is 0 Å². The van der Waals surface area contributed by atoms with Gasteiger partial charge in [-0.1, -0.05) is 36.4 Å². The van der Waals surface area contributed by atoms with E-state index < -0.39 is 23.6 Å². The van der Waals surface area contributed by atoms with Crippen molar-refractivity contribution >= 4 is 25.9 Å². The predicted octanol–water partition coefficient (Wildman–Crippen LogP) is 4.93. The van der Waals surface area contributed by atoms with E-state index in [1.807, 2.05) is 0 Å². The van der Waals surface area contributed by atoms with Gasteiger partial charge in [-0.25, -0.2) is 0 Å². The third-order valence-electron chi connectivity index (χ3n) is 5.03. The molecule has 0 aliphatic carbocycles. The zero-order valence-corrected chi connectivity index (χ0v) is 19.6. The van der Waals surface area contributed by atoms with Gasteiger partial charge in [0.2, 0.25) is 0 Å². The standard InChI is InChI=1S/C22H21N3O9Si/c1-35(32-14-17-8-2-5-11-20(17)23(26)27,33-15-18-9-3-6-12-21(18)24(28)29)34-16-19-10-4-7-13-22(19)25(30)31/h2-13H,14-16H2,1H3. The van der Waals surface area contributed by atoms with Gasteiger partial charge in [-0.3, -0.25) is 30.3 Å². The monoisotopic (exact) mass is 499 g/mol. The van der Waals surface area contributed by atoms with Crippen LogP contribution in [-0.2, 0) is 33.1 Å². The largest absolute Gasteiger partial charge is 0.498 e. The van der Waals surface area contributed by atoms with Gasteiger partial charge >= 0.3 is 8.80 Å². The first-order chi connectivity index (χ1) is 16.7. The third kappa shape index (κ3) is 6.74. The van der Waals surface area contributed by atoms with Crippen LogP contribution in [0, 0.1) is 30.3 Å². The number of nitro benzene ring substituents is 3. The summed E-state index contributed by atoms with van der Waals surface area (Å²) in [6.45, 7) is 0.834. The van der Waals surface area contributed by atoms with Crippen LogP contribution in [0.2, 0.25) is 6.55 Å². The fourth-order valence-corrected chi connectivity index (χ4v) is 4.69. The van der Waals surface area contributed by atoms with E-state index >= 15 is 0 Å². The van der Waals surface area contributed by atoms with Crippen LogP contribution in [0.5, 0.6) is 0 Å². The van der Waals surface area contributed by atoms with E-state index in [-0.39, 0.29) is 53.6 Å². The number of benzene rings is 3. The van der Waals surface area contributed by atoms with Gasteiger partial charge in [0.25, 0.3) is 17.1 Å². The minimum Gasteiger partial charge on any atom is -0.369 e. The van der Waals surface area contributed by atoms with Gasteiger partial charge in [0.05, 0.1) is 51.3 Å². The van der Waals surface area contributed by atoms with Gasteiger partial charge in [-0.2, -0.15) is 0 Å². The number of nitro groups is 3. The van der Waals surface area contributed by atoms with E-state index in [0.29, 0.717) is 0 Å². The normalized spacial score (nSPS) is 11.2. The Morgan fingerprint density at radius 3 is 1.09 bits per heavy atom.